The van der Waals surface area contributed by atoms with Gasteiger partial charge in [-0.1, -0.05) is 6.07 Å². The SMILES string of the molecule is Cc1ccc2c(C)c3ccc(S(=O)(=O)[O-])cc3[n+](C)c2c1. The van der Waals surface area contributed by atoms with Gasteiger partial charge in [-0.05, 0) is 43.2 Å². The predicted octanol–water partition coefficient (Wildman–Crippen LogP) is 2.34. The number of pyridine rings is 1. The molecule has 21 heavy (non-hydrogen) atoms. The number of nitrogens with zero attached hydrogens (tertiary/aromatic N) is 1. The van der Waals surface area contributed by atoms with Gasteiger partial charge in [0.05, 0.1) is 4.90 Å². The van der Waals surface area contributed by atoms with E-state index in [2.05, 4.69) is 18.2 Å². The van der Waals surface area contributed by atoms with Gasteiger partial charge in [0.15, 0.2) is 0 Å². The molecule has 0 amide bonds. The summed E-state index contributed by atoms with van der Waals surface area (Å²) >= 11 is 0. The Hall–Kier alpha value is -1.98. The Morgan fingerprint density at radius 3 is 2.14 bits per heavy atom. The molecule has 4 nitrogen and oxygen atoms in total. The van der Waals surface area contributed by atoms with Crippen LogP contribution in [0.1, 0.15) is 11.1 Å². The number of hydrogen-bond acceptors (Lipinski definition) is 3. The molecule has 108 valence electrons. The molecular formula is C16H15NO3S. The molecule has 1 aromatic heterocycles. The lowest BCUT2D eigenvalue weighted by molar-refractivity contribution is -0.617. The smallest absolute Gasteiger partial charge is 0.214 e. The van der Waals surface area contributed by atoms with Crippen molar-refractivity contribution in [1.29, 1.82) is 0 Å². The highest BCUT2D eigenvalue weighted by Crippen LogP contribution is 2.26. The second kappa shape index (κ2) is 4.51. The van der Waals surface area contributed by atoms with Crippen molar-refractivity contribution < 1.29 is 17.5 Å². The Balaban J connectivity index is 2.53. The first-order chi connectivity index (χ1) is 9.79. The van der Waals surface area contributed by atoms with Gasteiger partial charge in [-0.2, -0.15) is 4.57 Å². The third kappa shape index (κ3) is 2.18. The maximum absolute atomic E-state index is 11.2. The van der Waals surface area contributed by atoms with Crippen molar-refractivity contribution in [1.82, 2.24) is 0 Å². The second-order valence-corrected chi connectivity index (χ2v) is 6.72. The van der Waals surface area contributed by atoms with Crippen LogP contribution in [0.2, 0.25) is 0 Å². The fourth-order valence-electron chi connectivity index (χ4n) is 2.77. The summed E-state index contributed by atoms with van der Waals surface area (Å²) in [5.41, 5.74) is 3.96. The van der Waals surface area contributed by atoms with Crippen molar-refractivity contribution in [3.63, 3.8) is 0 Å². The summed E-state index contributed by atoms with van der Waals surface area (Å²) in [5.74, 6) is 0. The summed E-state index contributed by atoms with van der Waals surface area (Å²) in [4.78, 5) is -0.197. The average molecular weight is 301 g/mol. The molecule has 0 fully saturated rings. The van der Waals surface area contributed by atoms with Crippen LogP contribution in [0.4, 0.5) is 0 Å². The number of aryl methyl sites for hydroxylation is 3. The number of fused-ring (bicyclic) bond motifs is 2. The molecule has 3 aromatic rings. The van der Waals surface area contributed by atoms with Crippen molar-refractivity contribution in [2.24, 2.45) is 7.05 Å². The van der Waals surface area contributed by atoms with E-state index in [4.69, 9.17) is 0 Å². The summed E-state index contributed by atoms with van der Waals surface area (Å²) in [5, 5.41) is 2.06. The molecule has 0 aliphatic rings. The molecule has 0 saturated heterocycles. The summed E-state index contributed by atoms with van der Waals surface area (Å²) in [7, 11) is -2.57. The van der Waals surface area contributed by atoms with E-state index in [9.17, 15) is 13.0 Å². The summed E-state index contributed by atoms with van der Waals surface area (Å²) in [6.45, 7) is 4.02. The summed E-state index contributed by atoms with van der Waals surface area (Å²) in [6, 6.07) is 10.7. The van der Waals surface area contributed by atoms with Crippen LogP contribution in [-0.4, -0.2) is 13.0 Å². The highest BCUT2D eigenvalue weighted by molar-refractivity contribution is 7.85. The first-order valence-electron chi connectivity index (χ1n) is 6.57. The topological polar surface area (TPSA) is 61.1 Å². The Morgan fingerprint density at radius 2 is 1.52 bits per heavy atom. The third-order valence-corrected chi connectivity index (χ3v) is 4.77. The molecule has 0 saturated carbocycles. The molecule has 0 bridgehead atoms. The number of hydrogen-bond donors (Lipinski definition) is 0. The zero-order valence-electron chi connectivity index (χ0n) is 12.0. The Bertz CT molecular complexity index is 991. The van der Waals surface area contributed by atoms with Gasteiger partial charge >= 0.3 is 0 Å². The molecule has 2 aromatic carbocycles. The summed E-state index contributed by atoms with van der Waals surface area (Å²) in [6.07, 6.45) is 0. The molecule has 5 heteroatoms. The van der Waals surface area contributed by atoms with Crippen LogP contribution >= 0.6 is 0 Å². The van der Waals surface area contributed by atoms with Crippen molar-refractivity contribution in [2.45, 2.75) is 18.7 Å². The molecule has 3 rings (SSSR count). The minimum atomic E-state index is -4.45. The lowest BCUT2D eigenvalue weighted by Crippen LogP contribution is -2.30. The fourth-order valence-corrected chi connectivity index (χ4v) is 3.26. The lowest BCUT2D eigenvalue weighted by atomic mass is 10.0. The van der Waals surface area contributed by atoms with Gasteiger partial charge in [-0.25, -0.2) is 8.42 Å². The van der Waals surface area contributed by atoms with Crippen LogP contribution in [0, 0.1) is 13.8 Å². The monoisotopic (exact) mass is 301 g/mol. The van der Waals surface area contributed by atoms with Gasteiger partial charge in [-0.3, -0.25) is 0 Å². The first-order valence-corrected chi connectivity index (χ1v) is 7.98. The number of rotatable bonds is 1. The van der Waals surface area contributed by atoms with Gasteiger partial charge < -0.3 is 4.55 Å². The van der Waals surface area contributed by atoms with Crippen molar-refractivity contribution >= 4 is 31.9 Å². The van der Waals surface area contributed by atoms with Crippen LogP contribution in [0.5, 0.6) is 0 Å². The van der Waals surface area contributed by atoms with E-state index in [0.29, 0.717) is 0 Å². The van der Waals surface area contributed by atoms with Gasteiger partial charge in [0.2, 0.25) is 11.0 Å². The zero-order chi connectivity index (χ0) is 15.4. The van der Waals surface area contributed by atoms with E-state index in [1.807, 2.05) is 25.5 Å². The highest BCUT2D eigenvalue weighted by atomic mass is 32.2. The van der Waals surface area contributed by atoms with E-state index in [-0.39, 0.29) is 4.90 Å². The Morgan fingerprint density at radius 1 is 0.952 bits per heavy atom. The third-order valence-electron chi connectivity index (χ3n) is 3.94. The largest absolute Gasteiger partial charge is 0.744 e. The van der Waals surface area contributed by atoms with Crippen molar-refractivity contribution in [3.8, 4) is 0 Å². The number of benzene rings is 2. The molecular weight excluding hydrogens is 286 g/mol. The van der Waals surface area contributed by atoms with E-state index in [1.54, 1.807) is 6.07 Å². The van der Waals surface area contributed by atoms with Crippen LogP contribution in [0.3, 0.4) is 0 Å². The molecule has 0 radical (unpaired) electrons. The molecule has 0 atom stereocenters. The highest BCUT2D eigenvalue weighted by Gasteiger charge is 2.17. The quantitative estimate of drug-likeness (QED) is 0.394. The predicted molar refractivity (Wildman–Crippen MR) is 80.1 cm³/mol. The Kier molecular flexibility index (Phi) is 3.00. The van der Waals surface area contributed by atoms with E-state index in [1.165, 1.54) is 12.1 Å². The molecule has 0 aliphatic carbocycles. The van der Waals surface area contributed by atoms with E-state index in [0.717, 1.165) is 32.9 Å². The molecule has 0 N–H and O–H groups in total. The van der Waals surface area contributed by atoms with Gasteiger partial charge in [0.25, 0.3) is 0 Å². The Labute approximate surface area is 123 Å². The van der Waals surface area contributed by atoms with Crippen LogP contribution in [0.15, 0.2) is 41.3 Å². The van der Waals surface area contributed by atoms with E-state index < -0.39 is 10.1 Å². The van der Waals surface area contributed by atoms with Crippen LogP contribution in [0.25, 0.3) is 21.8 Å². The molecule has 1 heterocycles. The van der Waals surface area contributed by atoms with Crippen molar-refractivity contribution in [3.05, 3.63) is 47.5 Å². The van der Waals surface area contributed by atoms with E-state index >= 15 is 0 Å². The minimum Gasteiger partial charge on any atom is -0.744 e. The molecule has 0 unspecified atom stereocenters. The minimum absolute atomic E-state index is 0.197. The van der Waals surface area contributed by atoms with Gasteiger partial charge in [0, 0.05) is 22.9 Å². The van der Waals surface area contributed by atoms with Crippen LogP contribution < -0.4 is 4.57 Å². The molecule has 0 spiro atoms. The average Bonchev–Trinajstić information content (AvgIpc) is 2.43. The van der Waals surface area contributed by atoms with Crippen LogP contribution in [-0.2, 0) is 17.2 Å². The van der Waals surface area contributed by atoms with Gasteiger partial charge in [-0.15, -0.1) is 0 Å². The fraction of sp³-hybridized carbons (Fsp3) is 0.188. The first kappa shape index (κ1) is 14.0. The second-order valence-electron chi connectivity index (χ2n) is 5.34. The maximum Gasteiger partial charge on any atom is 0.214 e. The summed E-state index contributed by atoms with van der Waals surface area (Å²) < 4.78 is 35.6. The molecule has 0 aliphatic heterocycles. The van der Waals surface area contributed by atoms with Gasteiger partial charge in [0.1, 0.15) is 17.2 Å². The maximum atomic E-state index is 11.2. The normalized spacial score (nSPS) is 12.2. The number of aromatic nitrogens is 1. The lowest BCUT2D eigenvalue weighted by Gasteiger charge is -2.10. The van der Waals surface area contributed by atoms with Crippen molar-refractivity contribution in [2.75, 3.05) is 0 Å². The standard InChI is InChI=1S/C16H15NO3S/c1-10-4-6-13-11(2)14-7-5-12(21(18,19)20)9-16(14)17(3)15(13)8-10/h4-9H,1-3H3. The zero-order valence-corrected chi connectivity index (χ0v) is 12.9.